The van der Waals surface area contributed by atoms with Crippen molar-refractivity contribution >= 4 is 11.9 Å². The van der Waals surface area contributed by atoms with Gasteiger partial charge >= 0.3 is 5.97 Å². The van der Waals surface area contributed by atoms with E-state index in [0.717, 1.165) is 19.3 Å². The Balaban J connectivity index is 2.54. The number of amides is 1. The number of rotatable bonds is 7. The van der Waals surface area contributed by atoms with Crippen LogP contribution in [0, 0.1) is 11.3 Å². The van der Waals surface area contributed by atoms with Crippen molar-refractivity contribution in [1.29, 1.82) is 0 Å². The van der Waals surface area contributed by atoms with Gasteiger partial charge in [-0.1, -0.05) is 20.3 Å². The van der Waals surface area contributed by atoms with Crippen molar-refractivity contribution in [1.82, 2.24) is 5.32 Å². The van der Waals surface area contributed by atoms with E-state index in [2.05, 4.69) is 19.2 Å². The van der Waals surface area contributed by atoms with Gasteiger partial charge in [-0.05, 0) is 31.1 Å². The molecule has 1 aliphatic carbocycles. The number of carbonyl (C=O) groups excluding carboxylic acids is 1. The molecular weight excluding hydrogens is 246 g/mol. The van der Waals surface area contributed by atoms with Gasteiger partial charge in [0.1, 0.15) is 6.04 Å². The summed E-state index contributed by atoms with van der Waals surface area (Å²) in [6.45, 7) is 4.66. The van der Waals surface area contributed by atoms with E-state index in [1.807, 2.05) is 0 Å². The van der Waals surface area contributed by atoms with E-state index >= 15 is 0 Å². The van der Waals surface area contributed by atoms with Crippen molar-refractivity contribution in [3.63, 3.8) is 0 Å². The minimum atomic E-state index is -0.972. The minimum absolute atomic E-state index is 0.0281. The highest BCUT2D eigenvalue weighted by Gasteiger charge is 2.40. The van der Waals surface area contributed by atoms with Gasteiger partial charge in [0.25, 0.3) is 0 Å². The molecule has 0 aromatic carbocycles. The molecule has 1 rings (SSSR count). The maximum Gasteiger partial charge on any atom is 0.326 e. The molecule has 5 nitrogen and oxygen atoms in total. The maximum absolute atomic E-state index is 12.2. The molecule has 1 fully saturated rings. The number of ether oxygens (including phenoxy) is 1. The normalized spacial score (nSPS) is 23.0. The van der Waals surface area contributed by atoms with Gasteiger partial charge in [-0.3, -0.25) is 4.79 Å². The van der Waals surface area contributed by atoms with Gasteiger partial charge in [0.05, 0.1) is 0 Å². The first-order valence-corrected chi connectivity index (χ1v) is 6.90. The van der Waals surface area contributed by atoms with Crippen LogP contribution in [0.3, 0.4) is 0 Å². The number of carbonyl (C=O) groups is 2. The van der Waals surface area contributed by atoms with E-state index in [1.54, 1.807) is 7.11 Å². The van der Waals surface area contributed by atoms with Crippen LogP contribution in [0.25, 0.3) is 0 Å². The Kier molecular flexibility index (Phi) is 5.79. The van der Waals surface area contributed by atoms with Crippen molar-refractivity contribution in [2.24, 2.45) is 11.3 Å². The lowest BCUT2D eigenvalue weighted by molar-refractivity contribution is -0.143. The molecule has 1 saturated carbocycles. The molecule has 2 atom stereocenters. The summed E-state index contributed by atoms with van der Waals surface area (Å²) < 4.78 is 4.90. The van der Waals surface area contributed by atoms with Crippen LogP contribution in [0.4, 0.5) is 0 Å². The van der Waals surface area contributed by atoms with Gasteiger partial charge in [-0.25, -0.2) is 4.79 Å². The van der Waals surface area contributed by atoms with Gasteiger partial charge < -0.3 is 15.2 Å². The second-order valence-corrected chi connectivity index (χ2v) is 5.97. The van der Waals surface area contributed by atoms with Gasteiger partial charge in [0.2, 0.25) is 5.91 Å². The third-order valence-corrected chi connectivity index (χ3v) is 4.03. The average Bonchev–Trinajstić information content (AvgIpc) is 2.67. The lowest BCUT2D eigenvalue weighted by Crippen LogP contribution is -2.45. The van der Waals surface area contributed by atoms with Crippen molar-refractivity contribution < 1.29 is 19.4 Å². The predicted molar refractivity (Wildman–Crippen MR) is 71.8 cm³/mol. The van der Waals surface area contributed by atoms with Crippen LogP contribution >= 0.6 is 0 Å². The highest BCUT2D eigenvalue weighted by Crippen LogP contribution is 2.42. The second-order valence-electron chi connectivity index (χ2n) is 5.97. The number of carboxylic acid groups (broad SMARTS) is 1. The fourth-order valence-electron chi connectivity index (χ4n) is 2.77. The van der Waals surface area contributed by atoms with E-state index in [4.69, 9.17) is 9.84 Å². The van der Waals surface area contributed by atoms with E-state index in [-0.39, 0.29) is 17.2 Å². The van der Waals surface area contributed by atoms with Crippen molar-refractivity contribution in [2.45, 2.75) is 52.0 Å². The molecule has 1 aliphatic rings. The van der Waals surface area contributed by atoms with Crippen LogP contribution in [0.1, 0.15) is 46.0 Å². The van der Waals surface area contributed by atoms with E-state index in [9.17, 15) is 9.59 Å². The molecular formula is C14H25NO4. The Hall–Kier alpha value is -1.10. The zero-order valence-electron chi connectivity index (χ0n) is 12.1. The monoisotopic (exact) mass is 271 g/mol. The lowest BCUT2D eigenvalue weighted by atomic mass is 9.81. The maximum atomic E-state index is 12.2. The molecule has 0 heterocycles. The molecule has 2 unspecified atom stereocenters. The smallest absolute Gasteiger partial charge is 0.326 e. The SMILES string of the molecule is COCCCC(NC(=O)C1CCCC1(C)C)C(=O)O. The van der Waals surface area contributed by atoms with Crippen LogP contribution in [-0.4, -0.2) is 36.7 Å². The molecule has 0 radical (unpaired) electrons. The number of methoxy groups -OCH3 is 1. The molecule has 2 N–H and O–H groups in total. The zero-order chi connectivity index (χ0) is 14.5. The van der Waals surface area contributed by atoms with Crippen molar-refractivity contribution in [3.05, 3.63) is 0 Å². The summed E-state index contributed by atoms with van der Waals surface area (Å²) in [5.74, 6) is -1.16. The molecule has 5 heteroatoms. The highest BCUT2D eigenvalue weighted by molar-refractivity contribution is 5.85. The second kappa shape index (κ2) is 6.89. The minimum Gasteiger partial charge on any atom is -0.480 e. The summed E-state index contributed by atoms with van der Waals surface area (Å²) in [5.41, 5.74) is -0.0281. The van der Waals surface area contributed by atoms with Crippen molar-refractivity contribution in [3.8, 4) is 0 Å². The Labute approximate surface area is 114 Å². The molecule has 110 valence electrons. The van der Waals surface area contributed by atoms with E-state index in [0.29, 0.717) is 19.4 Å². The number of carboxylic acids is 1. The average molecular weight is 271 g/mol. The Morgan fingerprint density at radius 3 is 2.63 bits per heavy atom. The molecule has 0 aliphatic heterocycles. The zero-order valence-corrected chi connectivity index (χ0v) is 12.1. The van der Waals surface area contributed by atoms with E-state index in [1.165, 1.54) is 0 Å². The first kappa shape index (κ1) is 16.0. The summed E-state index contributed by atoms with van der Waals surface area (Å²) >= 11 is 0. The standard InChI is InChI=1S/C14H25NO4/c1-14(2)8-4-6-10(14)12(16)15-11(13(17)18)7-5-9-19-3/h10-11H,4-9H2,1-3H3,(H,15,16)(H,17,18). The summed E-state index contributed by atoms with van der Waals surface area (Å²) in [5, 5.41) is 11.8. The molecule has 0 bridgehead atoms. The third-order valence-electron chi connectivity index (χ3n) is 4.03. The van der Waals surface area contributed by atoms with Crippen LogP contribution in [0.15, 0.2) is 0 Å². The summed E-state index contributed by atoms with van der Waals surface area (Å²) in [6, 6.07) is -0.806. The molecule has 19 heavy (non-hydrogen) atoms. The van der Waals surface area contributed by atoms with Crippen molar-refractivity contribution in [2.75, 3.05) is 13.7 Å². The van der Waals surface area contributed by atoms with E-state index < -0.39 is 12.0 Å². The molecule has 1 amide bonds. The highest BCUT2D eigenvalue weighted by atomic mass is 16.5. The van der Waals surface area contributed by atoms with Gasteiger partial charge in [-0.15, -0.1) is 0 Å². The Bertz CT molecular complexity index is 327. The Morgan fingerprint density at radius 2 is 2.16 bits per heavy atom. The first-order chi connectivity index (χ1) is 8.88. The fraction of sp³-hybridized carbons (Fsp3) is 0.857. The topological polar surface area (TPSA) is 75.6 Å². The Morgan fingerprint density at radius 1 is 1.47 bits per heavy atom. The number of hydrogen-bond donors (Lipinski definition) is 2. The quantitative estimate of drug-likeness (QED) is 0.692. The molecule has 0 saturated heterocycles. The van der Waals surface area contributed by atoms with Gasteiger partial charge in [0, 0.05) is 19.6 Å². The van der Waals surface area contributed by atoms with Crippen LogP contribution in [0.5, 0.6) is 0 Å². The van der Waals surface area contributed by atoms with Gasteiger partial charge in [-0.2, -0.15) is 0 Å². The fourth-order valence-corrected chi connectivity index (χ4v) is 2.77. The number of hydrogen-bond acceptors (Lipinski definition) is 3. The summed E-state index contributed by atoms with van der Waals surface area (Å²) in [6.07, 6.45) is 3.94. The largest absolute Gasteiger partial charge is 0.480 e. The summed E-state index contributed by atoms with van der Waals surface area (Å²) in [4.78, 5) is 23.4. The molecule has 0 aromatic heterocycles. The lowest BCUT2D eigenvalue weighted by Gasteiger charge is -2.27. The summed E-state index contributed by atoms with van der Waals surface area (Å²) in [7, 11) is 1.58. The van der Waals surface area contributed by atoms with Crippen LogP contribution < -0.4 is 5.32 Å². The van der Waals surface area contributed by atoms with Gasteiger partial charge in [0.15, 0.2) is 0 Å². The molecule has 0 aromatic rings. The first-order valence-electron chi connectivity index (χ1n) is 6.90. The third kappa shape index (κ3) is 4.49. The van der Waals surface area contributed by atoms with Crippen LogP contribution in [-0.2, 0) is 14.3 Å². The number of nitrogens with one attached hydrogen (secondary N) is 1. The van der Waals surface area contributed by atoms with Crippen LogP contribution in [0.2, 0.25) is 0 Å². The molecule has 0 spiro atoms. The predicted octanol–water partition coefficient (Wildman–Crippen LogP) is 1.81. The number of aliphatic carboxylic acids is 1.